The predicted molar refractivity (Wildman–Crippen MR) is 112 cm³/mol. The molecule has 140 valence electrons. The normalized spacial score (nSPS) is 10.4. The third-order valence-corrected chi connectivity index (χ3v) is 4.56. The average Bonchev–Trinajstić information content (AvgIpc) is 3.07. The van der Waals surface area contributed by atoms with E-state index < -0.39 is 0 Å². The number of amides is 2. The molecular formula is C19H20BrN5O2. The fourth-order valence-electron chi connectivity index (χ4n) is 2.58. The first-order valence-electron chi connectivity index (χ1n) is 8.20. The second-order valence-electron chi connectivity index (χ2n) is 6.03. The SMILES string of the molecule is COc1ccc(NC(=O)Nc2ccc(N(C)C)cc2)cc1-c1[nH]ncc1Br. The molecule has 0 aliphatic carbocycles. The lowest BCUT2D eigenvalue weighted by Gasteiger charge is -2.14. The van der Waals surface area contributed by atoms with Crippen LogP contribution in [0.25, 0.3) is 11.3 Å². The molecule has 0 bridgehead atoms. The van der Waals surface area contributed by atoms with Gasteiger partial charge in [0, 0.05) is 36.7 Å². The van der Waals surface area contributed by atoms with Gasteiger partial charge in [-0.05, 0) is 58.4 Å². The Balaban J connectivity index is 1.75. The number of nitrogens with zero attached hydrogens (tertiary/aromatic N) is 2. The van der Waals surface area contributed by atoms with Gasteiger partial charge in [0.25, 0.3) is 0 Å². The highest BCUT2D eigenvalue weighted by Crippen LogP contribution is 2.35. The molecule has 27 heavy (non-hydrogen) atoms. The van der Waals surface area contributed by atoms with Crippen LogP contribution in [0.4, 0.5) is 21.9 Å². The fraction of sp³-hybridized carbons (Fsp3) is 0.158. The lowest BCUT2D eigenvalue weighted by molar-refractivity contribution is 0.262. The summed E-state index contributed by atoms with van der Waals surface area (Å²) < 4.78 is 6.22. The maximum atomic E-state index is 12.3. The number of anilines is 3. The van der Waals surface area contributed by atoms with E-state index in [2.05, 4.69) is 36.8 Å². The van der Waals surface area contributed by atoms with E-state index in [9.17, 15) is 4.79 Å². The first-order valence-corrected chi connectivity index (χ1v) is 9.00. The van der Waals surface area contributed by atoms with Crippen LogP contribution in [0.3, 0.4) is 0 Å². The molecule has 3 aromatic rings. The number of hydrogen-bond acceptors (Lipinski definition) is 4. The van der Waals surface area contributed by atoms with Crippen molar-refractivity contribution in [2.45, 2.75) is 0 Å². The van der Waals surface area contributed by atoms with E-state index in [1.807, 2.05) is 49.3 Å². The highest BCUT2D eigenvalue weighted by Gasteiger charge is 2.13. The third-order valence-electron chi connectivity index (χ3n) is 3.96. The zero-order valence-corrected chi connectivity index (χ0v) is 16.8. The van der Waals surface area contributed by atoms with Gasteiger partial charge >= 0.3 is 6.03 Å². The van der Waals surface area contributed by atoms with Crippen molar-refractivity contribution < 1.29 is 9.53 Å². The molecule has 7 nitrogen and oxygen atoms in total. The lowest BCUT2D eigenvalue weighted by Crippen LogP contribution is -2.19. The van der Waals surface area contributed by atoms with Crippen LogP contribution < -0.4 is 20.3 Å². The Labute approximate surface area is 165 Å². The van der Waals surface area contributed by atoms with Crippen LogP contribution in [0, 0.1) is 0 Å². The number of carbonyl (C=O) groups is 1. The fourth-order valence-corrected chi connectivity index (χ4v) is 2.98. The van der Waals surface area contributed by atoms with Gasteiger partial charge in [-0.1, -0.05) is 0 Å². The van der Waals surface area contributed by atoms with Crippen LogP contribution in [0.15, 0.2) is 53.1 Å². The molecule has 3 rings (SSSR count). The van der Waals surface area contributed by atoms with Crippen molar-refractivity contribution in [1.29, 1.82) is 0 Å². The number of aromatic nitrogens is 2. The van der Waals surface area contributed by atoms with Gasteiger partial charge in [-0.2, -0.15) is 5.10 Å². The Kier molecular flexibility index (Phi) is 5.66. The molecule has 0 spiro atoms. The Hall–Kier alpha value is -3.00. The first kappa shape index (κ1) is 18.8. The van der Waals surface area contributed by atoms with Crippen molar-refractivity contribution in [2.75, 3.05) is 36.7 Å². The molecule has 0 fully saturated rings. The lowest BCUT2D eigenvalue weighted by atomic mass is 10.1. The van der Waals surface area contributed by atoms with Gasteiger partial charge < -0.3 is 20.3 Å². The second kappa shape index (κ2) is 8.13. The van der Waals surface area contributed by atoms with Crippen LogP contribution >= 0.6 is 15.9 Å². The van der Waals surface area contributed by atoms with E-state index in [0.717, 1.165) is 21.4 Å². The van der Waals surface area contributed by atoms with E-state index in [1.54, 1.807) is 25.4 Å². The monoisotopic (exact) mass is 429 g/mol. The van der Waals surface area contributed by atoms with Gasteiger partial charge in [0.2, 0.25) is 0 Å². The standard InChI is InChI=1S/C19H20BrN5O2/c1-25(2)14-7-4-12(5-8-14)22-19(26)23-13-6-9-17(27-3)15(10-13)18-16(20)11-21-24-18/h4-11H,1-3H3,(H,21,24)(H2,22,23,26). The molecule has 3 N–H and O–H groups in total. The summed E-state index contributed by atoms with van der Waals surface area (Å²) in [5.74, 6) is 0.671. The molecular weight excluding hydrogens is 410 g/mol. The number of hydrogen-bond donors (Lipinski definition) is 3. The summed E-state index contributed by atoms with van der Waals surface area (Å²) in [7, 11) is 5.53. The summed E-state index contributed by atoms with van der Waals surface area (Å²) in [6.07, 6.45) is 1.67. The van der Waals surface area contributed by atoms with E-state index in [1.165, 1.54) is 0 Å². The van der Waals surface area contributed by atoms with Gasteiger partial charge in [-0.3, -0.25) is 5.10 Å². The number of urea groups is 1. The van der Waals surface area contributed by atoms with Crippen LogP contribution in [-0.2, 0) is 0 Å². The van der Waals surface area contributed by atoms with E-state index >= 15 is 0 Å². The topological polar surface area (TPSA) is 82.3 Å². The highest BCUT2D eigenvalue weighted by molar-refractivity contribution is 9.10. The zero-order valence-electron chi connectivity index (χ0n) is 15.2. The summed E-state index contributed by atoms with van der Waals surface area (Å²) in [6, 6.07) is 12.7. The van der Waals surface area contributed by atoms with Crippen LogP contribution in [-0.4, -0.2) is 37.4 Å². The number of methoxy groups -OCH3 is 1. The molecule has 1 heterocycles. The Morgan fingerprint density at radius 3 is 2.37 bits per heavy atom. The van der Waals surface area contributed by atoms with Crippen molar-refractivity contribution in [2.24, 2.45) is 0 Å². The van der Waals surface area contributed by atoms with Gasteiger partial charge in [-0.25, -0.2) is 4.79 Å². The number of carbonyl (C=O) groups excluding carboxylic acids is 1. The van der Waals surface area contributed by atoms with Crippen molar-refractivity contribution in [3.05, 3.63) is 53.1 Å². The van der Waals surface area contributed by atoms with E-state index in [-0.39, 0.29) is 6.03 Å². The van der Waals surface area contributed by atoms with E-state index in [0.29, 0.717) is 17.1 Å². The number of rotatable bonds is 5. The molecule has 1 aromatic heterocycles. The molecule has 0 aliphatic rings. The number of nitrogens with one attached hydrogen (secondary N) is 3. The van der Waals surface area contributed by atoms with Gasteiger partial charge in [-0.15, -0.1) is 0 Å². The van der Waals surface area contributed by atoms with Crippen LogP contribution in [0.1, 0.15) is 0 Å². The van der Waals surface area contributed by atoms with Gasteiger partial charge in [0.05, 0.1) is 23.5 Å². The van der Waals surface area contributed by atoms with Crippen LogP contribution in [0.2, 0.25) is 0 Å². The molecule has 0 saturated carbocycles. The molecule has 0 unspecified atom stereocenters. The third kappa shape index (κ3) is 4.40. The Morgan fingerprint density at radius 1 is 1.11 bits per heavy atom. The second-order valence-corrected chi connectivity index (χ2v) is 6.88. The number of aromatic amines is 1. The minimum atomic E-state index is -0.326. The zero-order chi connectivity index (χ0) is 19.4. The number of halogens is 1. The Bertz CT molecular complexity index is 938. The molecule has 8 heteroatoms. The van der Waals surface area contributed by atoms with Gasteiger partial charge in [0.15, 0.2) is 0 Å². The average molecular weight is 430 g/mol. The summed E-state index contributed by atoms with van der Waals surface area (Å²) in [5, 5.41) is 12.6. The molecule has 0 saturated heterocycles. The molecule has 2 aromatic carbocycles. The van der Waals surface area contributed by atoms with Crippen molar-refractivity contribution in [3.8, 4) is 17.0 Å². The number of ether oxygens (including phenoxy) is 1. The molecule has 2 amide bonds. The van der Waals surface area contributed by atoms with E-state index in [4.69, 9.17) is 4.74 Å². The predicted octanol–water partition coefficient (Wildman–Crippen LogP) is 4.56. The maximum Gasteiger partial charge on any atom is 0.323 e. The molecule has 0 radical (unpaired) electrons. The summed E-state index contributed by atoms with van der Waals surface area (Å²) >= 11 is 3.45. The summed E-state index contributed by atoms with van der Waals surface area (Å²) in [5.41, 5.74) is 3.97. The smallest absolute Gasteiger partial charge is 0.323 e. The van der Waals surface area contributed by atoms with Crippen molar-refractivity contribution in [3.63, 3.8) is 0 Å². The largest absolute Gasteiger partial charge is 0.496 e. The molecule has 0 atom stereocenters. The highest BCUT2D eigenvalue weighted by atomic mass is 79.9. The first-order chi connectivity index (χ1) is 13.0. The quantitative estimate of drug-likeness (QED) is 0.555. The number of H-pyrrole nitrogens is 1. The molecule has 0 aliphatic heterocycles. The summed E-state index contributed by atoms with van der Waals surface area (Å²) in [6.45, 7) is 0. The Morgan fingerprint density at radius 2 is 1.78 bits per heavy atom. The minimum Gasteiger partial charge on any atom is -0.496 e. The minimum absolute atomic E-state index is 0.326. The van der Waals surface area contributed by atoms with Crippen molar-refractivity contribution in [1.82, 2.24) is 10.2 Å². The van der Waals surface area contributed by atoms with Gasteiger partial charge in [0.1, 0.15) is 5.75 Å². The maximum absolute atomic E-state index is 12.3. The number of benzene rings is 2. The van der Waals surface area contributed by atoms with Crippen LogP contribution in [0.5, 0.6) is 5.75 Å². The van der Waals surface area contributed by atoms with Crippen molar-refractivity contribution >= 4 is 39.0 Å². The summed E-state index contributed by atoms with van der Waals surface area (Å²) in [4.78, 5) is 14.3.